The van der Waals surface area contributed by atoms with Crippen LogP contribution in [0.3, 0.4) is 0 Å². The number of carbonyl (C=O) groups is 1. The summed E-state index contributed by atoms with van der Waals surface area (Å²) >= 11 is 0. The van der Waals surface area contributed by atoms with Gasteiger partial charge in [0.1, 0.15) is 0 Å². The number of hydrogen-bond donors (Lipinski definition) is 0. The van der Waals surface area contributed by atoms with Crippen LogP contribution in [-0.4, -0.2) is 64.4 Å². The zero-order valence-electron chi connectivity index (χ0n) is 15.4. The third-order valence-electron chi connectivity index (χ3n) is 5.64. The van der Waals surface area contributed by atoms with Crippen molar-refractivity contribution in [1.82, 2.24) is 19.8 Å². The zero-order chi connectivity index (χ0) is 18.1. The first-order valence-corrected chi connectivity index (χ1v) is 9.12. The number of aryl methyl sites for hydroxylation is 1. The van der Waals surface area contributed by atoms with Gasteiger partial charge in [-0.15, -0.1) is 0 Å². The number of likely N-dealkylation sites (N-methyl/N-ethyl adjacent to an activating group) is 1. The van der Waals surface area contributed by atoms with Crippen LogP contribution in [-0.2, 0) is 11.3 Å². The Hall–Kier alpha value is -2.31. The van der Waals surface area contributed by atoms with Crippen molar-refractivity contribution in [2.24, 2.45) is 0 Å². The summed E-state index contributed by atoms with van der Waals surface area (Å²) in [6.07, 6.45) is 4.58. The van der Waals surface area contributed by atoms with Crippen LogP contribution in [0, 0.1) is 6.92 Å². The number of pyridine rings is 2. The summed E-state index contributed by atoms with van der Waals surface area (Å²) in [4.78, 5) is 28.0. The van der Waals surface area contributed by atoms with Gasteiger partial charge in [0.15, 0.2) is 0 Å². The van der Waals surface area contributed by atoms with Crippen molar-refractivity contribution in [3.05, 3.63) is 54.1 Å². The van der Waals surface area contributed by atoms with Gasteiger partial charge in [-0.25, -0.2) is 0 Å². The number of likely N-dealkylation sites (tertiary alicyclic amines) is 1. The van der Waals surface area contributed by atoms with E-state index in [1.165, 1.54) is 0 Å². The molecule has 0 aromatic carbocycles. The van der Waals surface area contributed by atoms with Gasteiger partial charge in [0.2, 0.25) is 5.91 Å². The molecule has 1 spiro atoms. The predicted octanol–water partition coefficient (Wildman–Crippen LogP) is 1.71. The summed E-state index contributed by atoms with van der Waals surface area (Å²) in [7, 11) is 2.08. The fourth-order valence-electron chi connectivity index (χ4n) is 4.14. The molecule has 2 aliphatic rings. The molecule has 2 saturated heterocycles. The lowest BCUT2D eigenvalue weighted by molar-refractivity contribution is -0.123. The number of hydrogen-bond acceptors (Lipinski definition) is 5. The summed E-state index contributed by atoms with van der Waals surface area (Å²) < 4.78 is 0. The van der Waals surface area contributed by atoms with Crippen LogP contribution in [0.5, 0.6) is 0 Å². The van der Waals surface area contributed by atoms with E-state index in [0.29, 0.717) is 13.1 Å². The third-order valence-corrected chi connectivity index (χ3v) is 5.64. The highest BCUT2D eigenvalue weighted by Crippen LogP contribution is 2.33. The minimum Gasteiger partial charge on any atom is -0.308 e. The molecule has 0 N–H and O–H groups in total. The molecular formula is C20H25N5O. The topological polar surface area (TPSA) is 52.6 Å². The minimum atomic E-state index is -0.00637. The van der Waals surface area contributed by atoms with Crippen LogP contribution in [0.2, 0.25) is 0 Å². The first-order chi connectivity index (χ1) is 12.6. The monoisotopic (exact) mass is 351 g/mol. The lowest BCUT2D eigenvalue weighted by atomic mass is 9.92. The van der Waals surface area contributed by atoms with Crippen LogP contribution in [0.4, 0.5) is 5.69 Å². The molecule has 0 aliphatic carbocycles. The largest absolute Gasteiger partial charge is 0.308 e. The van der Waals surface area contributed by atoms with Crippen molar-refractivity contribution in [1.29, 1.82) is 0 Å². The fraction of sp³-hybridized carbons (Fsp3) is 0.450. The molecule has 2 fully saturated rings. The maximum Gasteiger partial charge on any atom is 0.241 e. The van der Waals surface area contributed by atoms with Crippen LogP contribution in [0.25, 0.3) is 0 Å². The summed E-state index contributed by atoms with van der Waals surface area (Å²) in [5, 5.41) is 0. The highest BCUT2D eigenvalue weighted by molar-refractivity contribution is 5.95. The summed E-state index contributed by atoms with van der Waals surface area (Å²) in [6.45, 7) is 6.02. The molecule has 136 valence electrons. The van der Waals surface area contributed by atoms with Crippen LogP contribution in [0.15, 0.2) is 42.7 Å². The van der Waals surface area contributed by atoms with E-state index in [4.69, 9.17) is 0 Å². The Kier molecular flexibility index (Phi) is 4.46. The van der Waals surface area contributed by atoms with E-state index in [2.05, 4.69) is 38.9 Å². The predicted molar refractivity (Wildman–Crippen MR) is 101 cm³/mol. The van der Waals surface area contributed by atoms with Crippen molar-refractivity contribution >= 4 is 11.6 Å². The Bertz CT molecular complexity index is 796. The van der Waals surface area contributed by atoms with E-state index in [9.17, 15) is 4.79 Å². The summed E-state index contributed by atoms with van der Waals surface area (Å²) in [5.41, 5.74) is 3.05. The molecule has 2 aromatic rings. The van der Waals surface area contributed by atoms with Crippen molar-refractivity contribution in [2.45, 2.75) is 25.4 Å². The molecule has 2 aromatic heterocycles. The molecule has 1 atom stereocenters. The fourth-order valence-corrected chi connectivity index (χ4v) is 4.14. The molecule has 6 nitrogen and oxygen atoms in total. The molecular weight excluding hydrogens is 326 g/mol. The van der Waals surface area contributed by atoms with Crippen molar-refractivity contribution in [3.8, 4) is 0 Å². The van der Waals surface area contributed by atoms with Crippen LogP contribution >= 0.6 is 0 Å². The number of carbonyl (C=O) groups excluding carboxylic acids is 1. The molecule has 0 radical (unpaired) electrons. The first-order valence-electron chi connectivity index (χ1n) is 9.12. The van der Waals surface area contributed by atoms with E-state index >= 15 is 0 Å². The van der Waals surface area contributed by atoms with Gasteiger partial charge in [0.25, 0.3) is 0 Å². The second-order valence-electron chi connectivity index (χ2n) is 7.50. The molecule has 6 heteroatoms. The second-order valence-corrected chi connectivity index (χ2v) is 7.50. The van der Waals surface area contributed by atoms with Gasteiger partial charge in [-0.05, 0) is 44.7 Å². The van der Waals surface area contributed by atoms with Gasteiger partial charge >= 0.3 is 0 Å². The van der Waals surface area contributed by atoms with Gasteiger partial charge in [-0.3, -0.25) is 24.6 Å². The van der Waals surface area contributed by atoms with E-state index in [-0.39, 0.29) is 11.4 Å². The minimum absolute atomic E-state index is 0.00637. The number of anilines is 1. The Morgan fingerprint density at radius 2 is 2.08 bits per heavy atom. The molecule has 26 heavy (non-hydrogen) atoms. The van der Waals surface area contributed by atoms with E-state index in [0.717, 1.165) is 43.1 Å². The van der Waals surface area contributed by atoms with Crippen LogP contribution < -0.4 is 4.90 Å². The lowest BCUT2D eigenvalue weighted by Gasteiger charge is -2.46. The van der Waals surface area contributed by atoms with Crippen molar-refractivity contribution in [2.75, 3.05) is 38.1 Å². The Balaban J connectivity index is 1.51. The Morgan fingerprint density at radius 3 is 2.85 bits per heavy atom. The van der Waals surface area contributed by atoms with E-state index < -0.39 is 0 Å². The normalized spacial score (nSPS) is 24.5. The van der Waals surface area contributed by atoms with E-state index in [1.54, 1.807) is 12.4 Å². The van der Waals surface area contributed by atoms with Gasteiger partial charge in [0.05, 0.1) is 29.7 Å². The smallest absolute Gasteiger partial charge is 0.241 e. The number of piperazine rings is 1. The SMILES string of the molecule is Cc1cccc(CN2CC[C@@]3(C2)CN(c2cccnc2)C(=O)CN3C)n1. The second kappa shape index (κ2) is 6.78. The zero-order valence-corrected chi connectivity index (χ0v) is 15.4. The quantitative estimate of drug-likeness (QED) is 0.843. The standard InChI is InChI=1S/C20H25N5O/c1-16-5-3-6-17(22-16)12-24-10-8-20(14-24)15-25(19(26)13-23(20)2)18-7-4-9-21-11-18/h3-7,9,11H,8,10,12-15H2,1-2H3/t20-/m1/s1. The maximum absolute atomic E-state index is 12.6. The van der Waals surface area contributed by atoms with E-state index in [1.807, 2.05) is 30.0 Å². The molecule has 0 saturated carbocycles. The molecule has 1 amide bonds. The molecule has 0 bridgehead atoms. The van der Waals surface area contributed by atoms with Gasteiger partial charge in [-0.2, -0.15) is 0 Å². The lowest BCUT2D eigenvalue weighted by Crippen LogP contribution is -2.64. The number of nitrogens with zero attached hydrogens (tertiary/aromatic N) is 5. The molecule has 2 aliphatic heterocycles. The third kappa shape index (κ3) is 3.22. The number of amides is 1. The Morgan fingerprint density at radius 1 is 1.19 bits per heavy atom. The molecule has 4 heterocycles. The Labute approximate surface area is 154 Å². The first kappa shape index (κ1) is 17.1. The molecule has 4 rings (SSSR count). The van der Waals surface area contributed by atoms with Gasteiger partial charge < -0.3 is 4.90 Å². The average molecular weight is 351 g/mol. The summed E-state index contributed by atoms with van der Waals surface area (Å²) in [5.74, 6) is 0.143. The number of aromatic nitrogens is 2. The summed E-state index contributed by atoms with van der Waals surface area (Å²) in [6, 6.07) is 10.0. The average Bonchev–Trinajstić information content (AvgIpc) is 3.03. The number of rotatable bonds is 3. The van der Waals surface area contributed by atoms with Gasteiger partial charge in [-0.1, -0.05) is 6.07 Å². The highest BCUT2D eigenvalue weighted by atomic mass is 16.2. The maximum atomic E-state index is 12.6. The van der Waals surface area contributed by atoms with Crippen molar-refractivity contribution < 1.29 is 4.79 Å². The highest BCUT2D eigenvalue weighted by Gasteiger charge is 2.47. The van der Waals surface area contributed by atoms with Gasteiger partial charge in [0, 0.05) is 38.1 Å². The molecule has 0 unspecified atom stereocenters. The van der Waals surface area contributed by atoms with Crippen molar-refractivity contribution in [3.63, 3.8) is 0 Å². The van der Waals surface area contributed by atoms with Crippen LogP contribution in [0.1, 0.15) is 17.8 Å².